The van der Waals surface area contributed by atoms with Crippen molar-refractivity contribution in [1.82, 2.24) is 4.98 Å². The summed E-state index contributed by atoms with van der Waals surface area (Å²) < 4.78 is 1.03. The molecule has 5 heteroatoms. The third kappa shape index (κ3) is 2.85. The van der Waals surface area contributed by atoms with Gasteiger partial charge >= 0.3 is 0 Å². The highest BCUT2D eigenvalue weighted by atomic mass is 79.9. The quantitative estimate of drug-likeness (QED) is 0.886. The molecular weight excluding hydrogens is 304 g/mol. The lowest BCUT2D eigenvalue weighted by Crippen LogP contribution is -2.01. The van der Waals surface area contributed by atoms with Crippen LogP contribution in [0.25, 0.3) is 0 Å². The Kier molecular flexibility index (Phi) is 3.72. The van der Waals surface area contributed by atoms with Crippen molar-refractivity contribution in [2.24, 2.45) is 0 Å². The molecule has 1 aromatic carbocycles. The lowest BCUT2D eigenvalue weighted by atomic mass is 10.1. The van der Waals surface area contributed by atoms with E-state index in [0.717, 1.165) is 21.3 Å². The van der Waals surface area contributed by atoms with Gasteiger partial charge in [-0.2, -0.15) is 5.26 Å². The van der Waals surface area contributed by atoms with E-state index in [1.54, 1.807) is 6.07 Å². The smallest absolute Gasteiger partial charge is 0.148 e. The van der Waals surface area contributed by atoms with Crippen LogP contribution in [0.15, 0.2) is 28.9 Å². The van der Waals surface area contributed by atoms with Crippen LogP contribution in [0, 0.1) is 25.2 Å². The Labute approximate surface area is 120 Å². The predicted octanol–water partition coefficient (Wildman–Crippen LogP) is 3.66. The number of nitrogen functional groups attached to an aromatic ring is 1. The van der Waals surface area contributed by atoms with Crippen LogP contribution >= 0.6 is 15.9 Å². The number of rotatable bonds is 2. The first-order valence-corrected chi connectivity index (χ1v) is 6.50. The number of hydrogen-bond donors (Lipinski definition) is 2. The molecule has 0 radical (unpaired) electrons. The van der Waals surface area contributed by atoms with Crippen molar-refractivity contribution in [2.45, 2.75) is 13.8 Å². The molecule has 0 amide bonds. The van der Waals surface area contributed by atoms with Gasteiger partial charge in [-0.15, -0.1) is 0 Å². The van der Waals surface area contributed by atoms with Gasteiger partial charge in [0.1, 0.15) is 11.9 Å². The van der Waals surface area contributed by atoms with E-state index in [1.807, 2.05) is 26.0 Å². The van der Waals surface area contributed by atoms with Crippen LogP contribution < -0.4 is 11.1 Å². The minimum absolute atomic E-state index is 0.432. The molecule has 0 saturated carbocycles. The molecule has 3 N–H and O–H groups in total. The number of halogens is 1. The molecule has 0 saturated heterocycles. The monoisotopic (exact) mass is 316 g/mol. The Morgan fingerprint density at radius 3 is 2.47 bits per heavy atom. The third-order valence-electron chi connectivity index (χ3n) is 2.77. The fourth-order valence-corrected chi connectivity index (χ4v) is 2.58. The molecule has 0 spiro atoms. The summed E-state index contributed by atoms with van der Waals surface area (Å²) in [5.41, 5.74) is 9.65. The first-order valence-electron chi connectivity index (χ1n) is 5.70. The van der Waals surface area contributed by atoms with Gasteiger partial charge in [-0.3, -0.25) is 0 Å². The second kappa shape index (κ2) is 5.29. The number of nitriles is 1. The third-order valence-corrected chi connectivity index (χ3v) is 3.23. The van der Waals surface area contributed by atoms with E-state index in [9.17, 15) is 0 Å². The van der Waals surface area contributed by atoms with Crippen LogP contribution in [0.2, 0.25) is 0 Å². The second-order valence-corrected chi connectivity index (χ2v) is 5.23. The van der Waals surface area contributed by atoms with Gasteiger partial charge in [0.05, 0.1) is 17.4 Å². The summed E-state index contributed by atoms with van der Waals surface area (Å²) in [5.74, 6) is 0.519. The lowest BCUT2D eigenvalue weighted by molar-refractivity contribution is 1.26. The van der Waals surface area contributed by atoms with E-state index in [-0.39, 0.29) is 0 Å². The predicted molar refractivity (Wildman–Crippen MR) is 80.3 cm³/mol. The minimum Gasteiger partial charge on any atom is -0.397 e. The van der Waals surface area contributed by atoms with E-state index >= 15 is 0 Å². The van der Waals surface area contributed by atoms with Gasteiger partial charge in [-0.25, -0.2) is 4.98 Å². The molecule has 4 nitrogen and oxygen atoms in total. The highest BCUT2D eigenvalue weighted by molar-refractivity contribution is 9.10. The van der Waals surface area contributed by atoms with Gasteiger partial charge < -0.3 is 11.1 Å². The van der Waals surface area contributed by atoms with E-state index in [1.165, 1.54) is 6.20 Å². The van der Waals surface area contributed by atoms with Crippen molar-refractivity contribution < 1.29 is 0 Å². The van der Waals surface area contributed by atoms with E-state index in [4.69, 9.17) is 11.0 Å². The van der Waals surface area contributed by atoms with Gasteiger partial charge in [0.25, 0.3) is 0 Å². The zero-order chi connectivity index (χ0) is 14.0. The van der Waals surface area contributed by atoms with Crippen molar-refractivity contribution in [1.29, 1.82) is 5.26 Å². The summed E-state index contributed by atoms with van der Waals surface area (Å²) in [7, 11) is 0. The number of nitrogens with two attached hydrogens (primary N) is 1. The van der Waals surface area contributed by atoms with Crippen molar-refractivity contribution in [3.63, 3.8) is 0 Å². The van der Waals surface area contributed by atoms with Gasteiger partial charge in [0.2, 0.25) is 0 Å². The van der Waals surface area contributed by atoms with E-state index < -0.39 is 0 Å². The van der Waals surface area contributed by atoms with Crippen LogP contribution in [-0.2, 0) is 0 Å². The summed E-state index contributed by atoms with van der Waals surface area (Å²) in [6.07, 6.45) is 1.53. The molecular formula is C14H13BrN4. The first-order chi connectivity index (χ1) is 9.01. The Bertz CT molecular complexity index is 651. The number of anilines is 3. The first kappa shape index (κ1) is 13.4. The Morgan fingerprint density at radius 2 is 1.89 bits per heavy atom. The zero-order valence-electron chi connectivity index (χ0n) is 10.7. The molecule has 0 fully saturated rings. The maximum atomic E-state index is 9.11. The van der Waals surface area contributed by atoms with Gasteiger partial charge in [-0.1, -0.05) is 15.9 Å². The number of aryl methyl sites for hydroxylation is 2. The molecule has 0 unspecified atom stereocenters. The van der Waals surface area contributed by atoms with Crippen LogP contribution in [0.5, 0.6) is 0 Å². The van der Waals surface area contributed by atoms with Crippen molar-refractivity contribution >= 4 is 33.1 Å². The molecule has 96 valence electrons. The molecule has 0 aliphatic carbocycles. The van der Waals surface area contributed by atoms with Crippen LogP contribution in [0.3, 0.4) is 0 Å². The Hall–Kier alpha value is -2.06. The lowest BCUT2D eigenvalue weighted by Gasteiger charge is -2.13. The number of hydrogen-bond acceptors (Lipinski definition) is 4. The average Bonchev–Trinajstić information content (AvgIpc) is 2.35. The minimum atomic E-state index is 0.432. The van der Waals surface area contributed by atoms with Crippen molar-refractivity contribution in [3.05, 3.63) is 45.6 Å². The summed E-state index contributed by atoms with van der Waals surface area (Å²) >= 11 is 3.46. The number of nitrogens with zero attached hydrogens (tertiary/aromatic N) is 2. The van der Waals surface area contributed by atoms with Crippen LogP contribution in [0.4, 0.5) is 17.2 Å². The summed E-state index contributed by atoms with van der Waals surface area (Å²) in [6, 6.07) is 7.73. The number of nitrogens with one attached hydrogen (secondary N) is 1. The highest BCUT2D eigenvalue weighted by Crippen LogP contribution is 2.28. The molecule has 0 atom stereocenters. The van der Waals surface area contributed by atoms with Gasteiger partial charge in [-0.05, 0) is 43.2 Å². The van der Waals surface area contributed by atoms with Gasteiger partial charge in [0, 0.05) is 10.2 Å². The maximum Gasteiger partial charge on any atom is 0.148 e. The van der Waals surface area contributed by atoms with Crippen molar-refractivity contribution in [2.75, 3.05) is 11.1 Å². The molecule has 1 heterocycles. The SMILES string of the molecule is Cc1cc(Br)cc(C)c1Nc1ncc(N)cc1C#N. The molecule has 0 aliphatic rings. The normalized spacial score (nSPS) is 10.0. The number of pyridine rings is 1. The van der Waals surface area contributed by atoms with Crippen LogP contribution in [-0.4, -0.2) is 4.98 Å². The fraction of sp³-hybridized carbons (Fsp3) is 0.143. The standard InChI is InChI=1S/C14H13BrN4/c1-8-3-11(15)4-9(2)13(8)19-14-10(6-16)5-12(17)7-18-14/h3-5,7H,17H2,1-2H3,(H,18,19). The van der Waals surface area contributed by atoms with Crippen LogP contribution in [0.1, 0.15) is 16.7 Å². The Balaban J connectivity index is 2.45. The highest BCUT2D eigenvalue weighted by Gasteiger charge is 2.09. The Morgan fingerprint density at radius 1 is 1.26 bits per heavy atom. The second-order valence-electron chi connectivity index (χ2n) is 4.32. The molecule has 2 rings (SSSR count). The number of benzene rings is 1. The number of aromatic nitrogens is 1. The summed E-state index contributed by atoms with van der Waals surface area (Å²) in [5, 5.41) is 12.3. The maximum absolute atomic E-state index is 9.11. The van der Waals surface area contributed by atoms with Crippen molar-refractivity contribution in [3.8, 4) is 6.07 Å². The largest absolute Gasteiger partial charge is 0.397 e. The average molecular weight is 317 g/mol. The summed E-state index contributed by atoms with van der Waals surface area (Å²) in [6.45, 7) is 4.01. The van der Waals surface area contributed by atoms with Gasteiger partial charge in [0.15, 0.2) is 0 Å². The topological polar surface area (TPSA) is 74.7 Å². The molecule has 2 aromatic rings. The fourth-order valence-electron chi connectivity index (χ4n) is 1.89. The molecule has 0 bridgehead atoms. The van der Waals surface area contributed by atoms with E-state index in [2.05, 4.69) is 32.3 Å². The van der Waals surface area contributed by atoms with E-state index in [0.29, 0.717) is 17.1 Å². The molecule has 1 aromatic heterocycles. The summed E-state index contributed by atoms with van der Waals surface area (Å²) in [4.78, 5) is 4.18. The zero-order valence-corrected chi connectivity index (χ0v) is 12.2. The molecule has 0 aliphatic heterocycles. The molecule has 19 heavy (non-hydrogen) atoms.